The number of hydrogen-bond donors (Lipinski definition) is 2. The van der Waals surface area contributed by atoms with Gasteiger partial charge in [0.25, 0.3) is 0 Å². The average Bonchev–Trinajstić information content (AvgIpc) is 2.91. The van der Waals surface area contributed by atoms with Gasteiger partial charge >= 0.3 is 0 Å². The average molecular weight is 391 g/mol. The summed E-state index contributed by atoms with van der Waals surface area (Å²) in [6.45, 7) is 9.16. The molecule has 0 aromatic heterocycles. The predicted molar refractivity (Wildman–Crippen MR) is 110 cm³/mol. The first-order valence-corrected chi connectivity index (χ1v) is 11.3. The van der Waals surface area contributed by atoms with Crippen LogP contribution in [0.4, 0.5) is 0 Å². The molecule has 3 N–H and O–H groups in total. The maximum absolute atomic E-state index is 12.6. The lowest BCUT2D eigenvalue weighted by molar-refractivity contribution is -0.206. The molecule has 4 aliphatic carbocycles. The van der Waals surface area contributed by atoms with Crippen molar-refractivity contribution in [2.45, 2.75) is 90.7 Å². The molecule has 0 saturated heterocycles. The first-order chi connectivity index (χ1) is 13.1. The summed E-state index contributed by atoms with van der Waals surface area (Å²) in [4.78, 5) is 18.1. The van der Waals surface area contributed by atoms with Crippen molar-refractivity contribution in [1.82, 2.24) is 0 Å². The summed E-state index contributed by atoms with van der Waals surface area (Å²) < 4.78 is 0. The molecular weight excluding hydrogens is 352 g/mol. The number of nitrogens with zero attached hydrogens (tertiary/aromatic N) is 1. The van der Waals surface area contributed by atoms with Gasteiger partial charge in [0.15, 0.2) is 0 Å². The molecule has 5 heteroatoms. The van der Waals surface area contributed by atoms with Crippen LogP contribution in [0.1, 0.15) is 79.1 Å². The number of nitrogens with two attached hydrogens (primary N) is 1. The lowest BCUT2D eigenvalue weighted by atomic mass is 9.41. The third kappa shape index (κ3) is 2.87. The van der Waals surface area contributed by atoms with E-state index in [4.69, 9.17) is 10.6 Å². The maximum atomic E-state index is 12.6. The molecule has 0 aromatic rings. The maximum Gasteiger partial charge on any atom is 0.139 e. The molecule has 4 fully saturated rings. The Balaban J connectivity index is 1.59. The van der Waals surface area contributed by atoms with Crippen LogP contribution in [0.3, 0.4) is 0 Å². The fourth-order valence-corrected chi connectivity index (χ4v) is 7.60. The molecule has 158 valence electrons. The van der Waals surface area contributed by atoms with E-state index in [1.807, 2.05) is 6.92 Å². The lowest BCUT2D eigenvalue weighted by Gasteiger charge is -2.64. The predicted octanol–water partition coefficient (Wildman–Crippen LogP) is 3.68. The molecule has 4 saturated carbocycles. The summed E-state index contributed by atoms with van der Waals surface area (Å²) >= 11 is 0. The smallest absolute Gasteiger partial charge is 0.139 e. The van der Waals surface area contributed by atoms with Crippen molar-refractivity contribution in [2.75, 3.05) is 6.61 Å². The minimum atomic E-state index is -0.723. The largest absolute Gasteiger partial charge is 0.394 e. The molecule has 0 bridgehead atoms. The first-order valence-electron chi connectivity index (χ1n) is 11.3. The van der Waals surface area contributed by atoms with Gasteiger partial charge in [-0.25, -0.2) is 0 Å². The highest BCUT2D eigenvalue weighted by atomic mass is 16.6. The second-order valence-corrected chi connectivity index (χ2v) is 10.9. The van der Waals surface area contributed by atoms with Gasteiger partial charge in [-0.15, -0.1) is 0 Å². The number of aliphatic hydroxyl groups is 1. The molecule has 28 heavy (non-hydrogen) atoms. The minimum Gasteiger partial charge on any atom is -0.394 e. The Kier molecular flexibility index (Phi) is 4.94. The number of Topliss-reactive ketones (excluding diaryl/α,β-unsaturated/α-hetero) is 1. The zero-order valence-corrected chi connectivity index (χ0v) is 18.0. The van der Waals surface area contributed by atoms with Gasteiger partial charge in [0.2, 0.25) is 0 Å². The number of ketones is 1. The fraction of sp³-hybridized carbons (Fsp3) is 0.913. The molecule has 0 heterocycles. The molecule has 0 aliphatic heterocycles. The van der Waals surface area contributed by atoms with Gasteiger partial charge in [-0.1, -0.05) is 25.9 Å². The molecule has 4 rings (SSSR count). The quantitative estimate of drug-likeness (QED) is 0.720. The number of fused-ring (bicyclic) bond motifs is 5. The second-order valence-electron chi connectivity index (χ2n) is 10.9. The Hall–Kier alpha value is -0.940. The third-order valence-electron chi connectivity index (χ3n) is 9.20. The van der Waals surface area contributed by atoms with Gasteiger partial charge in [-0.3, -0.25) is 4.79 Å². The van der Waals surface area contributed by atoms with Crippen LogP contribution < -0.4 is 5.73 Å². The van der Waals surface area contributed by atoms with E-state index in [0.29, 0.717) is 42.5 Å². The Bertz CT molecular complexity index is 677. The number of rotatable bonds is 3. The highest BCUT2D eigenvalue weighted by Crippen LogP contribution is 2.67. The number of carbonyl (C=O) groups excluding carboxylic acids is 1. The number of carbonyl (C=O) groups is 1. The molecule has 5 nitrogen and oxygen atoms in total. The molecule has 8 atom stereocenters. The SMILES string of the molecule is CC(N)CON=C1CC[C@]2(C)[C@@H]3CC[C@]4(C)C(=O)CC[C@H]4[C@@H]3C(C)CC2(O)C1. The summed E-state index contributed by atoms with van der Waals surface area (Å²) in [5.41, 5.74) is 5.78. The van der Waals surface area contributed by atoms with E-state index in [1.165, 1.54) is 0 Å². The Morgan fingerprint density at radius 3 is 2.71 bits per heavy atom. The molecule has 0 spiro atoms. The van der Waals surface area contributed by atoms with E-state index < -0.39 is 5.60 Å². The van der Waals surface area contributed by atoms with E-state index in [1.54, 1.807) is 0 Å². The third-order valence-corrected chi connectivity index (χ3v) is 9.20. The fourth-order valence-electron chi connectivity index (χ4n) is 7.60. The monoisotopic (exact) mass is 390 g/mol. The van der Waals surface area contributed by atoms with Gasteiger partial charge in [0.05, 0.1) is 11.3 Å². The van der Waals surface area contributed by atoms with Crippen LogP contribution in [0.15, 0.2) is 5.16 Å². The zero-order chi connectivity index (χ0) is 20.3. The van der Waals surface area contributed by atoms with Gasteiger partial charge < -0.3 is 15.7 Å². The standard InChI is InChI=1S/C23H38N2O3/c1-14-11-23(27)12-16(25-28-13-15(2)24)7-10-22(23,4)18-8-9-21(3)17(20(14)18)5-6-19(21)26/h14-15,17-18,20,27H,5-13,24H2,1-4H3/t14?,15?,17-,18+,20-,21-,22+,23?/m0/s1. The van der Waals surface area contributed by atoms with Gasteiger partial charge in [-0.2, -0.15) is 0 Å². The summed E-state index contributed by atoms with van der Waals surface area (Å²) in [5.74, 6) is 2.47. The molecule has 0 radical (unpaired) electrons. The van der Waals surface area contributed by atoms with E-state index in [0.717, 1.165) is 50.7 Å². The van der Waals surface area contributed by atoms with Crippen LogP contribution in [0.2, 0.25) is 0 Å². The Labute approximate surface area is 169 Å². The highest BCUT2D eigenvalue weighted by molar-refractivity contribution is 5.87. The van der Waals surface area contributed by atoms with Crippen LogP contribution in [0, 0.1) is 34.5 Å². The van der Waals surface area contributed by atoms with Crippen molar-refractivity contribution in [2.24, 2.45) is 45.4 Å². The van der Waals surface area contributed by atoms with E-state index in [-0.39, 0.29) is 16.9 Å². The first kappa shape index (κ1) is 20.3. The molecule has 0 amide bonds. The summed E-state index contributed by atoms with van der Waals surface area (Å²) in [6.07, 6.45) is 7.12. The van der Waals surface area contributed by atoms with Crippen LogP contribution in [-0.4, -0.2) is 34.9 Å². The lowest BCUT2D eigenvalue weighted by Crippen LogP contribution is -2.64. The van der Waals surface area contributed by atoms with Crippen LogP contribution >= 0.6 is 0 Å². The van der Waals surface area contributed by atoms with Crippen molar-refractivity contribution >= 4 is 11.5 Å². The van der Waals surface area contributed by atoms with Crippen LogP contribution in [-0.2, 0) is 9.63 Å². The van der Waals surface area contributed by atoms with Crippen LogP contribution in [0.5, 0.6) is 0 Å². The number of hydrogen-bond acceptors (Lipinski definition) is 5. The Morgan fingerprint density at radius 2 is 2.00 bits per heavy atom. The summed E-state index contributed by atoms with van der Waals surface area (Å²) in [7, 11) is 0. The minimum absolute atomic E-state index is 0.0394. The topological polar surface area (TPSA) is 84.9 Å². The van der Waals surface area contributed by atoms with E-state index in [2.05, 4.69) is 25.9 Å². The molecule has 0 aromatic carbocycles. The molecule has 3 unspecified atom stereocenters. The summed E-state index contributed by atoms with van der Waals surface area (Å²) in [6, 6.07) is -0.0394. The van der Waals surface area contributed by atoms with Crippen LogP contribution in [0.25, 0.3) is 0 Å². The van der Waals surface area contributed by atoms with Crippen molar-refractivity contribution in [3.63, 3.8) is 0 Å². The van der Waals surface area contributed by atoms with Gasteiger partial charge in [0.1, 0.15) is 12.4 Å². The second kappa shape index (κ2) is 6.80. The van der Waals surface area contributed by atoms with Gasteiger partial charge in [0, 0.05) is 29.7 Å². The number of oxime groups is 1. The van der Waals surface area contributed by atoms with Gasteiger partial charge in [-0.05, 0) is 69.1 Å². The molecule has 4 aliphatic rings. The van der Waals surface area contributed by atoms with Crippen molar-refractivity contribution in [3.05, 3.63) is 0 Å². The van der Waals surface area contributed by atoms with E-state index in [9.17, 15) is 9.90 Å². The molecular formula is C23H38N2O3. The van der Waals surface area contributed by atoms with Crippen molar-refractivity contribution in [1.29, 1.82) is 0 Å². The normalized spacial score (nSPS) is 50.6. The van der Waals surface area contributed by atoms with Crippen molar-refractivity contribution < 1.29 is 14.7 Å². The Morgan fingerprint density at radius 1 is 1.25 bits per heavy atom. The zero-order valence-electron chi connectivity index (χ0n) is 18.0. The summed E-state index contributed by atoms with van der Waals surface area (Å²) in [5, 5.41) is 16.2. The highest BCUT2D eigenvalue weighted by Gasteiger charge is 2.66. The van der Waals surface area contributed by atoms with E-state index >= 15 is 0 Å². The van der Waals surface area contributed by atoms with Crippen molar-refractivity contribution in [3.8, 4) is 0 Å².